The maximum absolute atomic E-state index is 12.7. The molecule has 29 heavy (non-hydrogen) atoms. The zero-order valence-corrected chi connectivity index (χ0v) is 15.2. The summed E-state index contributed by atoms with van der Waals surface area (Å²) < 4.78 is 38.1. The number of halogens is 3. The number of alkyl halides is 3. The minimum absolute atomic E-state index is 0.222. The van der Waals surface area contributed by atoms with Crippen LogP contribution in [0.15, 0.2) is 91.1 Å². The maximum atomic E-state index is 12.7. The third kappa shape index (κ3) is 4.14. The molecule has 3 aromatic carbocycles. The highest BCUT2D eigenvalue weighted by atomic mass is 19.4. The fourth-order valence-corrected chi connectivity index (χ4v) is 3.12. The first-order chi connectivity index (χ1) is 13.9. The Morgan fingerprint density at radius 3 is 1.59 bits per heavy atom. The van der Waals surface area contributed by atoms with E-state index < -0.39 is 11.9 Å². The van der Waals surface area contributed by atoms with Crippen molar-refractivity contribution in [1.29, 1.82) is 0 Å². The Labute approximate surface area is 165 Å². The number of hydrogen-bond donors (Lipinski definition) is 1. The van der Waals surface area contributed by atoms with Crippen molar-refractivity contribution >= 4 is 0 Å². The van der Waals surface area contributed by atoms with Crippen LogP contribution in [0.5, 0.6) is 5.75 Å². The van der Waals surface area contributed by atoms with Crippen molar-refractivity contribution in [3.05, 3.63) is 96.8 Å². The molecule has 0 saturated carbocycles. The van der Waals surface area contributed by atoms with E-state index in [0.717, 1.165) is 33.9 Å². The highest BCUT2D eigenvalue weighted by Crippen LogP contribution is 2.31. The minimum atomic E-state index is -4.44. The topological polar surface area (TPSA) is 33.1 Å². The van der Waals surface area contributed by atoms with Gasteiger partial charge in [-0.15, -0.1) is 0 Å². The number of phenolic OH excluding ortho intramolecular Hbond substituents is 1. The first-order valence-corrected chi connectivity index (χ1v) is 8.94. The smallest absolute Gasteiger partial charge is 0.433 e. The van der Waals surface area contributed by atoms with Crippen molar-refractivity contribution in [2.45, 2.75) is 6.18 Å². The fraction of sp³-hybridized carbons (Fsp3) is 0.0417. The predicted octanol–water partition coefficient (Wildman–Crippen LogP) is 6.81. The van der Waals surface area contributed by atoms with Crippen molar-refractivity contribution in [3.8, 4) is 39.1 Å². The van der Waals surface area contributed by atoms with Crippen LogP contribution in [0.25, 0.3) is 33.4 Å². The van der Waals surface area contributed by atoms with Crippen molar-refractivity contribution in [2.75, 3.05) is 0 Å². The fourth-order valence-electron chi connectivity index (χ4n) is 3.12. The Balaban J connectivity index is 1.61. The normalized spacial score (nSPS) is 11.4. The lowest BCUT2D eigenvalue weighted by molar-refractivity contribution is -0.141. The van der Waals surface area contributed by atoms with Crippen molar-refractivity contribution in [1.82, 2.24) is 4.98 Å². The molecule has 0 fully saturated rings. The second-order valence-corrected chi connectivity index (χ2v) is 6.63. The third-order valence-electron chi connectivity index (χ3n) is 4.67. The van der Waals surface area contributed by atoms with E-state index in [2.05, 4.69) is 4.98 Å². The molecular weight excluding hydrogens is 375 g/mol. The highest BCUT2D eigenvalue weighted by Gasteiger charge is 2.32. The van der Waals surface area contributed by atoms with Crippen LogP contribution in [0.3, 0.4) is 0 Å². The van der Waals surface area contributed by atoms with E-state index in [1.807, 2.05) is 60.7 Å². The van der Waals surface area contributed by atoms with Gasteiger partial charge in [0, 0.05) is 11.8 Å². The van der Waals surface area contributed by atoms with Crippen LogP contribution in [0, 0.1) is 0 Å². The van der Waals surface area contributed by atoms with E-state index in [4.69, 9.17) is 0 Å². The first-order valence-electron chi connectivity index (χ1n) is 8.94. The lowest BCUT2D eigenvalue weighted by Gasteiger charge is -2.09. The van der Waals surface area contributed by atoms with Crippen molar-refractivity contribution < 1.29 is 18.3 Å². The Kier molecular flexibility index (Phi) is 4.80. The molecule has 0 aliphatic heterocycles. The van der Waals surface area contributed by atoms with Crippen LogP contribution in [-0.2, 0) is 6.18 Å². The number of phenols is 1. The lowest BCUT2D eigenvalue weighted by atomic mass is 9.97. The molecular formula is C24H16F3NO. The van der Waals surface area contributed by atoms with Crippen LogP contribution in [0.4, 0.5) is 13.2 Å². The summed E-state index contributed by atoms with van der Waals surface area (Å²) in [5, 5.41) is 9.41. The van der Waals surface area contributed by atoms with Gasteiger partial charge in [-0.2, -0.15) is 13.2 Å². The molecule has 1 aromatic heterocycles. The predicted molar refractivity (Wildman–Crippen MR) is 107 cm³/mol. The largest absolute Gasteiger partial charge is 0.508 e. The Morgan fingerprint density at radius 2 is 1.07 bits per heavy atom. The highest BCUT2D eigenvalue weighted by molar-refractivity contribution is 5.75. The van der Waals surface area contributed by atoms with Gasteiger partial charge in [0.2, 0.25) is 0 Å². The van der Waals surface area contributed by atoms with Crippen LogP contribution < -0.4 is 0 Å². The van der Waals surface area contributed by atoms with Crippen LogP contribution in [0.1, 0.15) is 5.69 Å². The molecule has 144 valence electrons. The SMILES string of the molecule is Oc1ccc(-c2ccc(-c3cccc(-c4ccc(C(F)(F)F)nc4)c3)cc2)cc1. The van der Waals surface area contributed by atoms with Gasteiger partial charge < -0.3 is 5.11 Å². The van der Waals surface area contributed by atoms with Gasteiger partial charge >= 0.3 is 6.18 Å². The van der Waals surface area contributed by atoms with E-state index in [1.54, 1.807) is 12.1 Å². The summed E-state index contributed by atoms with van der Waals surface area (Å²) in [7, 11) is 0. The molecule has 0 amide bonds. The minimum Gasteiger partial charge on any atom is -0.508 e. The number of benzene rings is 3. The summed E-state index contributed by atoms with van der Waals surface area (Å²) in [6, 6.07) is 25.0. The lowest BCUT2D eigenvalue weighted by Crippen LogP contribution is -2.07. The average molecular weight is 391 g/mol. The van der Waals surface area contributed by atoms with E-state index in [-0.39, 0.29) is 5.75 Å². The molecule has 4 rings (SSSR count). The van der Waals surface area contributed by atoms with E-state index in [1.165, 1.54) is 12.3 Å². The van der Waals surface area contributed by atoms with Gasteiger partial charge in [0.1, 0.15) is 11.4 Å². The third-order valence-corrected chi connectivity index (χ3v) is 4.67. The average Bonchev–Trinajstić information content (AvgIpc) is 2.74. The molecule has 0 aliphatic carbocycles. The molecule has 1 heterocycles. The molecule has 0 atom stereocenters. The number of rotatable bonds is 3. The summed E-state index contributed by atoms with van der Waals surface area (Å²) in [5.74, 6) is 0.222. The molecule has 1 N–H and O–H groups in total. The van der Waals surface area contributed by atoms with Gasteiger partial charge in [-0.1, -0.05) is 60.7 Å². The van der Waals surface area contributed by atoms with E-state index >= 15 is 0 Å². The van der Waals surface area contributed by atoms with Crippen LogP contribution in [0.2, 0.25) is 0 Å². The summed E-state index contributed by atoms with van der Waals surface area (Å²) in [4.78, 5) is 3.54. The molecule has 0 bridgehead atoms. The molecule has 0 unspecified atom stereocenters. The monoisotopic (exact) mass is 391 g/mol. The van der Waals surface area contributed by atoms with Gasteiger partial charge in [-0.25, -0.2) is 0 Å². The van der Waals surface area contributed by atoms with Crippen LogP contribution >= 0.6 is 0 Å². The van der Waals surface area contributed by atoms with E-state index in [0.29, 0.717) is 5.56 Å². The molecule has 5 heteroatoms. The van der Waals surface area contributed by atoms with Gasteiger partial charge in [-0.05, 0) is 52.1 Å². The molecule has 2 nitrogen and oxygen atoms in total. The number of pyridine rings is 1. The molecule has 0 aliphatic rings. The summed E-state index contributed by atoms with van der Waals surface area (Å²) in [6.45, 7) is 0. The summed E-state index contributed by atoms with van der Waals surface area (Å²) in [5.41, 5.74) is 4.50. The maximum Gasteiger partial charge on any atom is 0.433 e. The van der Waals surface area contributed by atoms with Crippen LogP contribution in [-0.4, -0.2) is 10.1 Å². The number of aromatic nitrogens is 1. The van der Waals surface area contributed by atoms with Crippen molar-refractivity contribution in [2.24, 2.45) is 0 Å². The Hall–Kier alpha value is -3.60. The van der Waals surface area contributed by atoms with Gasteiger partial charge in [0.25, 0.3) is 0 Å². The standard InChI is InChI=1S/C24H16F3NO/c25-24(26,27)23-13-10-21(15-28-23)20-3-1-2-19(14-20)18-6-4-16(5-7-18)17-8-11-22(29)12-9-17/h1-15,29H. The van der Waals surface area contributed by atoms with Gasteiger partial charge in [0.15, 0.2) is 0 Å². The molecule has 4 aromatic rings. The van der Waals surface area contributed by atoms with Crippen molar-refractivity contribution in [3.63, 3.8) is 0 Å². The molecule has 0 spiro atoms. The quantitative estimate of drug-likeness (QED) is 0.416. The summed E-state index contributed by atoms with van der Waals surface area (Å²) in [6.07, 6.45) is -3.20. The molecule has 0 saturated heterocycles. The number of aromatic hydroxyl groups is 1. The van der Waals surface area contributed by atoms with Gasteiger partial charge in [-0.3, -0.25) is 4.98 Å². The number of hydrogen-bond acceptors (Lipinski definition) is 2. The number of nitrogens with zero attached hydrogens (tertiary/aromatic N) is 1. The summed E-state index contributed by atoms with van der Waals surface area (Å²) >= 11 is 0. The zero-order chi connectivity index (χ0) is 20.4. The first kappa shape index (κ1) is 18.7. The Bertz CT molecular complexity index is 1120. The van der Waals surface area contributed by atoms with E-state index in [9.17, 15) is 18.3 Å². The Morgan fingerprint density at radius 1 is 0.586 bits per heavy atom. The molecule has 0 radical (unpaired) electrons. The van der Waals surface area contributed by atoms with Gasteiger partial charge in [0.05, 0.1) is 0 Å². The zero-order valence-electron chi connectivity index (χ0n) is 15.2. The second-order valence-electron chi connectivity index (χ2n) is 6.63. The second kappa shape index (κ2) is 7.43.